The fraction of sp³-hybridized carbons (Fsp3) is 0.185. The molecule has 6 aromatic heterocycles. The molecule has 6 aromatic rings. The maximum absolute atomic E-state index is 16.0. The van der Waals surface area contributed by atoms with Gasteiger partial charge in [0, 0.05) is 34.3 Å². The van der Waals surface area contributed by atoms with Crippen LogP contribution in [-0.2, 0) is 4.79 Å². The van der Waals surface area contributed by atoms with Gasteiger partial charge in [0.15, 0.2) is 17.3 Å². The largest absolute Gasteiger partial charge is 0.324 e. The molecule has 0 atom stereocenters. The molecule has 7 rings (SSSR count). The number of aromatic nitrogens is 7. The maximum atomic E-state index is 16.0. The standard InChI is InChI=1S/C27H21FN8OS/c28-21-20-18(13-31-22(21)15-10-16(12-29-11-15)32-27(37)14-4-1-2-5-14)35-36-24(20)26-33-23-17(19-6-3-9-38-19)7-8-30-25(23)34-26/h3,6-14H,1-2,4-5H2,(H,32,37)(H,35,36)(H,30,33,34). The van der Waals surface area contributed by atoms with Gasteiger partial charge in [-0.1, -0.05) is 18.9 Å². The van der Waals surface area contributed by atoms with E-state index >= 15 is 4.39 Å². The fourth-order valence-corrected chi connectivity index (χ4v) is 5.82. The smallest absolute Gasteiger partial charge is 0.227 e. The molecule has 0 aliphatic heterocycles. The molecule has 6 heterocycles. The molecule has 0 radical (unpaired) electrons. The first-order valence-corrected chi connectivity index (χ1v) is 13.2. The summed E-state index contributed by atoms with van der Waals surface area (Å²) >= 11 is 1.61. The van der Waals surface area contributed by atoms with E-state index in [1.165, 1.54) is 12.4 Å². The second kappa shape index (κ2) is 9.10. The van der Waals surface area contributed by atoms with Crippen LogP contribution in [0.1, 0.15) is 25.7 Å². The van der Waals surface area contributed by atoms with Gasteiger partial charge in [0.1, 0.15) is 16.9 Å². The number of hydrogen-bond acceptors (Lipinski definition) is 7. The molecule has 0 spiro atoms. The number of hydrogen-bond donors (Lipinski definition) is 3. The molecule has 3 N–H and O–H groups in total. The minimum Gasteiger partial charge on any atom is -0.324 e. The molecule has 38 heavy (non-hydrogen) atoms. The SMILES string of the molecule is O=C(Nc1cncc(-c2ncc3[nH]nc(-c4nc5c(-c6cccs6)ccnc5[nH]4)c3c2F)c1)C1CCCC1. The quantitative estimate of drug-likeness (QED) is 0.256. The van der Waals surface area contributed by atoms with E-state index in [-0.39, 0.29) is 22.9 Å². The summed E-state index contributed by atoms with van der Waals surface area (Å²) in [4.78, 5) is 34.6. The van der Waals surface area contributed by atoms with Gasteiger partial charge in [-0.2, -0.15) is 5.10 Å². The van der Waals surface area contributed by atoms with E-state index in [1.54, 1.807) is 29.8 Å². The van der Waals surface area contributed by atoms with Crippen molar-refractivity contribution < 1.29 is 9.18 Å². The average molecular weight is 525 g/mol. The number of pyridine rings is 3. The maximum Gasteiger partial charge on any atom is 0.227 e. The second-order valence-electron chi connectivity index (χ2n) is 9.33. The van der Waals surface area contributed by atoms with E-state index < -0.39 is 5.82 Å². The molecule has 188 valence electrons. The Morgan fingerprint density at radius 3 is 2.84 bits per heavy atom. The summed E-state index contributed by atoms with van der Waals surface area (Å²) in [7, 11) is 0. The Morgan fingerprint density at radius 1 is 1.11 bits per heavy atom. The molecule has 9 nitrogen and oxygen atoms in total. The number of amides is 1. The Labute approximate surface area is 219 Å². The third-order valence-corrected chi connectivity index (χ3v) is 7.85. The number of imidazole rings is 1. The average Bonchev–Trinajstić information content (AvgIpc) is 3.74. The van der Waals surface area contributed by atoms with Crippen LogP contribution in [0.5, 0.6) is 0 Å². The molecule has 0 aromatic carbocycles. The van der Waals surface area contributed by atoms with E-state index in [2.05, 4.69) is 35.5 Å². The van der Waals surface area contributed by atoms with Gasteiger partial charge in [-0.3, -0.25) is 19.9 Å². The lowest BCUT2D eigenvalue weighted by atomic mass is 10.1. The van der Waals surface area contributed by atoms with Crippen LogP contribution < -0.4 is 5.32 Å². The zero-order valence-electron chi connectivity index (χ0n) is 20.0. The molecule has 1 fully saturated rings. The van der Waals surface area contributed by atoms with Crippen molar-refractivity contribution in [2.75, 3.05) is 5.32 Å². The van der Waals surface area contributed by atoms with E-state index in [0.29, 0.717) is 39.4 Å². The zero-order chi connectivity index (χ0) is 25.6. The first-order valence-electron chi connectivity index (χ1n) is 12.3. The third kappa shape index (κ3) is 3.82. The highest BCUT2D eigenvalue weighted by Gasteiger charge is 2.24. The summed E-state index contributed by atoms with van der Waals surface area (Å²) in [6, 6.07) is 7.60. The van der Waals surface area contributed by atoms with Crippen molar-refractivity contribution in [2.24, 2.45) is 5.92 Å². The highest BCUT2D eigenvalue weighted by atomic mass is 32.1. The van der Waals surface area contributed by atoms with Crippen LogP contribution in [0.25, 0.3) is 55.3 Å². The first-order chi connectivity index (χ1) is 18.7. The molecular weight excluding hydrogens is 503 g/mol. The summed E-state index contributed by atoms with van der Waals surface area (Å²) in [6.07, 6.45) is 10.2. The number of carbonyl (C=O) groups is 1. The van der Waals surface area contributed by atoms with Crippen molar-refractivity contribution in [3.8, 4) is 33.2 Å². The lowest BCUT2D eigenvalue weighted by molar-refractivity contribution is -0.119. The van der Waals surface area contributed by atoms with Crippen LogP contribution in [-0.4, -0.2) is 41.0 Å². The van der Waals surface area contributed by atoms with Crippen molar-refractivity contribution in [2.45, 2.75) is 25.7 Å². The number of H-pyrrole nitrogens is 2. The lowest BCUT2D eigenvalue weighted by Gasteiger charge is -2.11. The number of nitrogens with zero attached hydrogens (tertiary/aromatic N) is 5. The molecule has 1 aliphatic carbocycles. The van der Waals surface area contributed by atoms with Crippen molar-refractivity contribution in [1.82, 2.24) is 35.1 Å². The number of carbonyl (C=O) groups excluding carboxylic acids is 1. The van der Waals surface area contributed by atoms with Crippen LogP contribution in [0.4, 0.5) is 10.1 Å². The van der Waals surface area contributed by atoms with Gasteiger partial charge < -0.3 is 10.3 Å². The molecule has 1 saturated carbocycles. The molecule has 1 aliphatic rings. The number of nitrogens with one attached hydrogen (secondary N) is 3. The number of fused-ring (bicyclic) bond motifs is 2. The number of anilines is 1. The predicted molar refractivity (Wildman–Crippen MR) is 144 cm³/mol. The topological polar surface area (TPSA) is 125 Å². The molecule has 0 bridgehead atoms. The Bertz CT molecular complexity index is 1800. The van der Waals surface area contributed by atoms with Gasteiger partial charge in [0.05, 0.1) is 29.0 Å². The van der Waals surface area contributed by atoms with Crippen molar-refractivity contribution >= 4 is 45.0 Å². The predicted octanol–water partition coefficient (Wildman–Crippen LogP) is 5.95. The monoisotopic (exact) mass is 524 g/mol. The van der Waals surface area contributed by atoms with Gasteiger partial charge in [-0.15, -0.1) is 11.3 Å². The van der Waals surface area contributed by atoms with Crippen molar-refractivity contribution in [1.29, 1.82) is 0 Å². The summed E-state index contributed by atoms with van der Waals surface area (Å²) in [5.74, 6) is -0.173. The Balaban J connectivity index is 1.28. The fourth-order valence-electron chi connectivity index (χ4n) is 5.07. The highest BCUT2D eigenvalue weighted by molar-refractivity contribution is 7.13. The van der Waals surface area contributed by atoms with Gasteiger partial charge in [0.2, 0.25) is 5.91 Å². The summed E-state index contributed by atoms with van der Waals surface area (Å²) in [5.41, 5.74) is 4.06. The summed E-state index contributed by atoms with van der Waals surface area (Å²) in [6.45, 7) is 0. The molecule has 1 amide bonds. The van der Waals surface area contributed by atoms with E-state index in [4.69, 9.17) is 4.98 Å². The van der Waals surface area contributed by atoms with Crippen molar-refractivity contribution in [3.05, 3.63) is 60.3 Å². The molecule has 0 saturated heterocycles. The third-order valence-electron chi connectivity index (χ3n) is 6.95. The Hall–Kier alpha value is -4.51. The van der Waals surface area contributed by atoms with E-state index in [0.717, 1.165) is 36.1 Å². The minimum atomic E-state index is -0.556. The first kappa shape index (κ1) is 22.7. The highest BCUT2D eigenvalue weighted by Crippen LogP contribution is 2.35. The summed E-state index contributed by atoms with van der Waals surface area (Å²) in [5, 5.41) is 12.4. The van der Waals surface area contributed by atoms with Gasteiger partial charge in [-0.25, -0.2) is 14.4 Å². The lowest BCUT2D eigenvalue weighted by Crippen LogP contribution is -2.20. The Morgan fingerprint density at radius 2 is 2.00 bits per heavy atom. The molecule has 11 heteroatoms. The van der Waals surface area contributed by atoms with Crippen molar-refractivity contribution in [3.63, 3.8) is 0 Å². The normalized spacial score (nSPS) is 14.0. The Kier molecular flexibility index (Phi) is 5.43. The second-order valence-corrected chi connectivity index (χ2v) is 10.3. The van der Waals surface area contributed by atoms with Crippen LogP contribution >= 0.6 is 11.3 Å². The minimum absolute atomic E-state index is 0.0111. The van der Waals surface area contributed by atoms with Crippen LogP contribution in [0.2, 0.25) is 0 Å². The van der Waals surface area contributed by atoms with E-state index in [1.807, 2.05) is 23.6 Å². The number of aromatic amines is 2. The van der Waals surface area contributed by atoms with Crippen LogP contribution in [0, 0.1) is 11.7 Å². The summed E-state index contributed by atoms with van der Waals surface area (Å²) < 4.78 is 16.0. The number of rotatable bonds is 5. The van der Waals surface area contributed by atoms with E-state index in [9.17, 15) is 4.79 Å². The number of halogens is 1. The number of thiophene rings is 1. The zero-order valence-corrected chi connectivity index (χ0v) is 20.8. The van der Waals surface area contributed by atoms with Crippen LogP contribution in [0.15, 0.2) is 54.4 Å². The van der Waals surface area contributed by atoms with Gasteiger partial charge in [0.25, 0.3) is 0 Å². The molecular formula is C27H21FN8OS. The van der Waals surface area contributed by atoms with Gasteiger partial charge in [-0.05, 0) is 36.4 Å². The molecule has 0 unspecified atom stereocenters. The van der Waals surface area contributed by atoms with Crippen LogP contribution in [0.3, 0.4) is 0 Å². The van der Waals surface area contributed by atoms with Gasteiger partial charge >= 0.3 is 0 Å².